The lowest BCUT2D eigenvalue weighted by molar-refractivity contribution is 0.0600. The molecule has 0 aromatic heterocycles. The molecule has 2 N–H and O–H groups in total. The smallest absolute Gasteiger partial charge is 0.337 e. The first-order valence-corrected chi connectivity index (χ1v) is 8.21. The highest BCUT2D eigenvalue weighted by atomic mass is 16.5. The molecule has 2 aromatic carbocycles. The number of hydrogen-bond donors (Lipinski definition) is 2. The van der Waals surface area contributed by atoms with Crippen molar-refractivity contribution in [3.8, 4) is 11.5 Å². The average molecular weight is 358 g/mol. The molecule has 2 amide bonds. The molecule has 7 nitrogen and oxygen atoms in total. The molecule has 0 unspecified atom stereocenters. The maximum Gasteiger partial charge on any atom is 0.337 e. The van der Waals surface area contributed by atoms with E-state index in [-0.39, 0.29) is 6.03 Å². The van der Waals surface area contributed by atoms with Crippen molar-refractivity contribution in [1.29, 1.82) is 0 Å². The van der Waals surface area contributed by atoms with Gasteiger partial charge in [-0.05, 0) is 43.3 Å². The fraction of sp³-hybridized carbons (Fsp3) is 0.263. The topological polar surface area (TPSA) is 85.9 Å². The van der Waals surface area contributed by atoms with Gasteiger partial charge < -0.3 is 24.8 Å². The Morgan fingerprint density at radius 3 is 2.35 bits per heavy atom. The van der Waals surface area contributed by atoms with Gasteiger partial charge >= 0.3 is 12.0 Å². The Labute approximate surface area is 152 Å². The summed E-state index contributed by atoms with van der Waals surface area (Å²) in [6.45, 7) is 3.17. The molecule has 0 aliphatic carbocycles. The van der Waals surface area contributed by atoms with E-state index < -0.39 is 5.97 Å². The Balaban J connectivity index is 1.72. The maximum absolute atomic E-state index is 11.8. The van der Waals surface area contributed by atoms with Gasteiger partial charge in [0.15, 0.2) is 0 Å². The summed E-state index contributed by atoms with van der Waals surface area (Å²) in [6, 6.07) is 13.4. The first-order chi connectivity index (χ1) is 12.6. The Bertz CT molecular complexity index is 731. The zero-order chi connectivity index (χ0) is 18.8. The lowest BCUT2D eigenvalue weighted by Crippen LogP contribution is -2.32. The molecular formula is C19H22N2O5. The van der Waals surface area contributed by atoms with Crippen LogP contribution in [0.5, 0.6) is 11.5 Å². The number of anilines is 1. The third-order valence-electron chi connectivity index (χ3n) is 3.34. The molecule has 26 heavy (non-hydrogen) atoms. The molecule has 0 atom stereocenters. The van der Waals surface area contributed by atoms with Crippen LogP contribution in [0.3, 0.4) is 0 Å². The zero-order valence-corrected chi connectivity index (χ0v) is 14.8. The molecule has 0 radical (unpaired) electrons. The predicted molar refractivity (Wildman–Crippen MR) is 97.9 cm³/mol. The van der Waals surface area contributed by atoms with E-state index in [4.69, 9.17) is 9.47 Å². The van der Waals surface area contributed by atoms with Gasteiger partial charge in [0.05, 0.1) is 25.8 Å². The highest BCUT2D eigenvalue weighted by Gasteiger charge is 2.06. The summed E-state index contributed by atoms with van der Waals surface area (Å²) in [7, 11) is 1.32. The second kappa shape index (κ2) is 9.93. The van der Waals surface area contributed by atoms with Crippen molar-refractivity contribution in [2.24, 2.45) is 0 Å². The number of esters is 1. The molecule has 2 rings (SSSR count). The highest BCUT2D eigenvalue weighted by molar-refractivity contribution is 5.92. The van der Waals surface area contributed by atoms with E-state index in [0.29, 0.717) is 36.8 Å². The van der Waals surface area contributed by atoms with E-state index in [2.05, 4.69) is 15.4 Å². The number of nitrogens with one attached hydrogen (secondary N) is 2. The molecule has 0 spiro atoms. The summed E-state index contributed by atoms with van der Waals surface area (Å²) >= 11 is 0. The molecule has 0 saturated heterocycles. The third kappa shape index (κ3) is 6.01. The van der Waals surface area contributed by atoms with Gasteiger partial charge in [0.1, 0.15) is 18.1 Å². The lowest BCUT2D eigenvalue weighted by Gasteiger charge is -2.10. The van der Waals surface area contributed by atoms with Crippen LogP contribution in [0.1, 0.15) is 17.3 Å². The van der Waals surface area contributed by atoms with Gasteiger partial charge in [0.2, 0.25) is 0 Å². The van der Waals surface area contributed by atoms with Gasteiger partial charge in [0, 0.05) is 11.8 Å². The highest BCUT2D eigenvalue weighted by Crippen LogP contribution is 2.19. The van der Waals surface area contributed by atoms with E-state index in [0.717, 1.165) is 5.75 Å². The van der Waals surface area contributed by atoms with Crippen LogP contribution in [-0.2, 0) is 4.74 Å². The maximum atomic E-state index is 11.8. The van der Waals surface area contributed by atoms with Crippen LogP contribution in [0.2, 0.25) is 0 Å². The van der Waals surface area contributed by atoms with Gasteiger partial charge in [-0.25, -0.2) is 9.59 Å². The number of urea groups is 1. The molecule has 0 fully saturated rings. The zero-order valence-electron chi connectivity index (χ0n) is 14.8. The van der Waals surface area contributed by atoms with Crippen LogP contribution in [-0.4, -0.2) is 38.9 Å². The van der Waals surface area contributed by atoms with Crippen molar-refractivity contribution in [3.05, 3.63) is 54.1 Å². The molecular weight excluding hydrogens is 336 g/mol. The molecule has 2 aromatic rings. The van der Waals surface area contributed by atoms with E-state index in [1.54, 1.807) is 30.3 Å². The molecule has 0 bridgehead atoms. The SMILES string of the molecule is CCOc1cccc(OCCNC(=O)Nc2ccc(C(=O)OC)cc2)c1. The van der Waals surface area contributed by atoms with Gasteiger partial charge in [-0.15, -0.1) is 0 Å². The summed E-state index contributed by atoms with van der Waals surface area (Å²) in [5.41, 5.74) is 0.988. The van der Waals surface area contributed by atoms with Crippen molar-refractivity contribution in [2.45, 2.75) is 6.92 Å². The molecule has 0 aliphatic heterocycles. The number of benzene rings is 2. The monoisotopic (exact) mass is 358 g/mol. The minimum Gasteiger partial charge on any atom is -0.494 e. The largest absolute Gasteiger partial charge is 0.494 e. The number of ether oxygens (including phenoxy) is 3. The van der Waals surface area contributed by atoms with E-state index >= 15 is 0 Å². The Morgan fingerprint density at radius 2 is 1.69 bits per heavy atom. The number of carbonyl (C=O) groups is 2. The number of carbonyl (C=O) groups excluding carboxylic acids is 2. The number of rotatable bonds is 8. The first kappa shape index (κ1) is 19.1. The minimum atomic E-state index is -0.424. The van der Waals surface area contributed by atoms with Crippen LogP contribution >= 0.6 is 0 Å². The van der Waals surface area contributed by atoms with Crippen molar-refractivity contribution < 1.29 is 23.8 Å². The summed E-state index contributed by atoms with van der Waals surface area (Å²) in [6.07, 6.45) is 0. The number of hydrogen-bond acceptors (Lipinski definition) is 5. The van der Waals surface area contributed by atoms with Crippen LogP contribution < -0.4 is 20.1 Å². The van der Waals surface area contributed by atoms with E-state index in [9.17, 15) is 9.59 Å². The second-order valence-corrected chi connectivity index (χ2v) is 5.21. The Morgan fingerprint density at radius 1 is 1.00 bits per heavy atom. The second-order valence-electron chi connectivity index (χ2n) is 5.21. The first-order valence-electron chi connectivity index (χ1n) is 8.21. The van der Waals surface area contributed by atoms with Gasteiger partial charge in [0.25, 0.3) is 0 Å². The lowest BCUT2D eigenvalue weighted by atomic mass is 10.2. The quantitative estimate of drug-likeness (QED) is 0.559. The van der Waals surface area contributed by atoms with Crippen molar-refractivity contribution in [2.75, 3.05) is 32.2 Å². The van der Waals surface area contributed by atoms with Crippen LogP contribution in [0.25, 0.3) is 0 Å². The van der Waals surface area contributed by atoms with Crippen LogP contribution in [0.15, 0.2) is 48.5 Å². The molecule has 138 valence electrons. The van der Waals surface area contributed by atoms with Crippen molar-refractivity contribution in [1.82, 2.24) is 5.32 Å². The number of amides is 2. The molecule has 0 aliphatic rings. The predicted octanol–water partition coefficient (Wildman–Crippen LogP) is 3.07. The van der Waals surface area contributed by atoms with E-state index in [1.165, 1.54) is 7.11 Å². The third-order valence-corrected chi connectivity index (χ3v) is 3.34. The fourth-order valence-corrected chi connectivity index (χ4v) is 2.14. The summed E-state index contributed by atoms with van der Waals surface area (Å²) in [5.74, 6) is 0.995. The summed E-state index contributed by atoms with van der Waals surface area (Å²) in [4.78, 5) is 23.2. The standard InChI is InChI=1S/C19H22N2O5/c1-3-25-16-5-4-6-17(13-16)26-12-11-20-19(23)21-15-9-7-14(8-10-15)18(22)24-2/h4-10,13H,3,11-12H2,1-2H3,(H2,20,21,23). The molecule has 7 heteroatoms. The summed E-state index contributed by atoms with van der Waals surface area (Å²) < 4.78 is 15.6. The van der Waals surface area contributed by atoms with E-state index in [1.807, 2.05) is 25.1 Å². The van der Waals surface area contributed by atoms with Crippen molar-refractivity contribution in [3.63, 3.8) is 0 Å². The normalized spacial score (nSPS) is 9.92. The van der Waals surface area contributed by atoms with Gasteiger partial charge in [-0.1, -0.05) is 6.07 Å². The molecule has 0 heterocycles. The molecule has 0 saturated carbocycles. The summed E-state index contributed by atoms with van der Waals surface area (Å²) in [5, 5.41) is 5.36. The van der Waals surface area contributed by atoms with Crippen molar-refractivity contribution >= 4 is 17.7 Å². The Kier molecular flexibility index (Phi) is 7.30. The van der Waals surface area contributed by atoms with Crippen LogP contribution in [0, 0.1) is 0 Å². The van der Waals surface area contributed by atoms with Crippen LogP contribution in [0.4, 0.5) is 10.5 Å². The van der Waals surface area contributed by atoms with Gasteiger partial charge in [-0.3, -0.25) is 0 Å². The average Bonchev–Trinajstić information content (AvgIpc) is 2.66. The van der Waals surface area contributed by atoms with Gasteiger partial charge in [-0.2, -0.15) is 0 Å². The fourth-order valence-electron chi connectivity index (χ4n) is 2.14. The number of methoxy groups -OCH3 is 1. The minimum absolute atomic E-state index is 0.324. The Hall–Kier alpha value is -3.22.